The summed E-state index contributed by atoms with van der Waals surface area (Å²) in [5.41, 5.74) is 7.88. The third-order valence-corrected chi connectivity index (χ3v) is 6.72. The third kappa shape index (κ3) is 5.36. The second-order valence-electron chi connectivity index (χ2n) is 9.03. The fourth-order valence-corrected chi connectivity index (χ4v) is 5.23. The number of nitrogen functional groups attached to an aromatic ring is 1. The molecule has 1 fully saturated rings. The van der Waals surface area contributed by atoms with Crippen LogP contribution in [0.5, 0.6) is 0 Å². The highest BCUT2D eigenvalue weighted by Gasteiger charge is 2.48. The van der Waals surface area contributed by atoms with E-state index in [1.807, 2.05) is 37.3 Å². The number of piperidine rings is 1. The Balaban J connectivity index is 0.00000181. The molecule has 2 aromatic carbocycles. The maximum absolute atomic E-state index is 13.7. The molecule has 32 heavy (non-hydrogen) atoms. The molecule has 8 heteroatoms. The zero-order valence-corrected chi connectivity index (χ0v) is 20.0. The molecular weight excluding hydrogens is 460 g/mol. The van der Waals surface area contributed by atoms with Crippen molar-refractivity contribution < 1.29 is 17.9 Å². The molecule has 178 valence electrons. The summed E-state index contributed by atoms with van der Waals surface area (Å²) in [5, 5.41) is 0. The van der Waals surface area contributed by atoms with Crippen molar-refractivity contribution in [2.75, 3.05) is 18.8 Å². The lowest BCUT2D eigenvalue weighted by Gasteiger charge is -2.51. The summed E-state index contributed by atoms with van der Waals surface area (Å²) in [6, 6.07) is 12.8. The van der Waals surface area contributed by atoms with Crippen molar-refractivity contribution in [2.24, 2.45) is 0 Å². The van der Waals surface area contributed by atoms with E-state index in [4.69, 9.17) is 10.5 Å². The third-order valence-electron chi connectivity index (χ3n) is 6.72. The molecule has 1 aliphatic carbocycles. The molecule has 0 spiro atoms. The number of likely N-dealkylation sites (tertiary alicyclic amines) is 1. The van der Waals surface area contributed by atoms with Crippen LogP contribution in [-0.2, 0) is 29.4 Å². The van der Waals surface area contributed by atoms with E-state index in [0.29, 0.717) is 36.3 Å². The SMILES string of the molecule is CC(CN1CCC2(C)CC1Cc1c(N)ccc(C(F)(F)F)c12)OCc1ccccc1.Cl.Cl. The van der Waals surface area contributed by atoms with Gasteiger partial charge >= 0.3 is 6.18 Å². The first-order valence-corrected chi connectivity index (χ1v) is 10.6. The van der Waals surface area contributed by atoms with Crippen LogP contribution < -0.4 is 5.73 Å². The number of anilines is 1. The maximum Gasteiger partial charge on any atom is 0.416 e. The summed E-state index contributed by atoms with van der Waals surface area (Å²) in [6.45, 7) is 6.12. The number of halogens is 5. The van der Waals surface area contributed by atoms with Gasteiger partial charge in [0.15, 0.2) is 0 Å². The summed E-state index contributed by atoms with van der Waals surface area (Å²) in [5.74, 6) is 0. The Morgan fingerprint density at radius 2 is 1.84 bits per heavy atom. The second-order valence-corrected chi connectivity index (χ2v) is 9.03. The number of ether oxygens (including phenoxy) is 1. The highest BCUT2D eigenvalue weighted by Crippen LogP contribution is 2.50. The van der Waals surface area contributed by atoms with Crippen LogP contribution in [0.2, 0.25) is 0 Å². The van der Waals surface area contributed by atoms with E-state index in [0.717, 1.165) is 31.1 Å². The molecule has 2 N–H and O–H groups in total. The van der Waals surface area contributed by atoms with Gasteiger partial charge in [-0.1, -0.05) is 37.3 Å². The van der Waals surface area contributed by atoms with Crippen molar-refractivity contribution in [1.29, 1.82) is 0 Å². The molecule has 3 atom stereocenters. The van der Waals surface area contributed by atoms with Crippen molar-refractivity contribution in [3.63, 3.8) is 0 Å². The largest absolute Gasteiger partial charge is 0.416 e. The van der Waals surface area contributed by atoms with Gasteiger partial charge in [0.2, 0.25) is 0 Å². The minimum absolute atomic E-state index is 0. The Kier molecular flexibility index (Phi) is 8.54. The molecule has 0 saturated carbocycles. The minimum Gasteiger partial charge on any atom is -0.398 e. The molecule has 0 radical (unpaired) electrons. The molecule has 2 aliphatic rings. The van der Waals surface area contributed by atoms with E-state index in [9.17, 15) is 13.2 Å². The topological polar surface area (TPSA) is 38.5 Å². The molecule has 1 aliphatic heterocycles. The molecule has 0 amide bonds. The maximum atomic E-state index is 13.7. The highest BCUT2D eigenvalue weighted by molar-refractivity contribution is 5.85. The lowest BCUT2D eigenvalue weighted by molar-refractivity contribution is -0.139. The Hall–Kier alpha value is -1.47. The van der Waals surface area contributed by atoms with Gasteiger partial charge in [0.05, 0.1) is 18.3 Å². The van der Waals surface area contributed by atoms with Crippen molar-refractivity contribution in [3.8, 4) is 0 Å². The van der Waals surface area contributed by atoms with Crippen LogP contribution in [0, 0.1) is 0 Å². The molecule has 3 unspecified atom stereocenters. The normalized spacial score (nSPS) is 23.5. The molecule has 1 saturated heterocycles. The van der Waals surface area contributed by atoms with Crippen LogP contribution in [0.4, 0.5) is 18.9 Å². The van der Waals surface area contributed by atoms with Gasteiger partial charge in [-0.05, 0) is 67.0 Å². The van der Waals surface area contributed by atoms with E-state index in [1.165, 1.54) is 6.07 Å². The predicted octanol–water partition coefficient (Wildman–Crippen LogP) is 6.01. The van der Waals surface area contributed by atoms with E-state index in [2.05, 4.69) is 11.8 Å². The number of hydrogen-bond donors (Lipinski definition) is 1. The van der Waals surface area contributed by atoms with Crippen LogP contribution in [0.25, 0.3) is 0 Å². The van der Waals surface area contributed by atoms with E-state index >= 15 is 0 Å². The van der Waals surface area contributed by atoms with Crippen LogP contribution in [-0.4, -0.2) is 30.1 Å². The Labute approximate surface area is 200 Å². The van der Waals surface area contributed by atoms with Crippen LogP contribution in [0.15, 0.2) is 42.5 Å². The van der Waals surface area contributed by atoms with Gasteiger partial charge in [-0.15, -0.1) is 24.8 Å². The number of nitrogens with zero attached hydrogens (tertiary/aromatic N) is 1. The Morgan fingerprint density at radius 3 is 2.50 bits per heavy atom. The number of rotatable bonds is 5. The lowest BCUT2D eigenvalue weighted by atomic mass is 9.63. The molecule has 0 aromatic heterocycles. The van der Waals surface area contributed by atoms with Gasteiger partial charge in [0.25, 0.3) is 0 Å². The van der Waals surface area contributed by atoms with Gasteiger partial charge in [0.1, 0.15) is 0 Å². The van der Waals surface area contributed by atoms with Crippen molar-refractivity contribution in [2.45, 2.75) is 63.5 Å². The van der Waals surface area contributed by atoms with Crippen LogP contribution in [0.1, 0.15) is 48.9 Å². The predicted molar refractivity (Wildman–Crippen MR) is 127 cm³/mol. The Morgan fingerprint density at radius 1 is 1.16 bits per heavy atom. The van der Waals surface area contributed by atoms with Crippen molar-refractivity contribution >= 4 is 30.5 Å². The molecule has 1 heterocycles. The smallest absolute Gasteiger partial charge is 0.398 e. The van der Waals surface area contributed by atoms with Crippen molar-refractivity contribution in [3.05, 3.63) is 64.7 Å². The lowest BCUT2D eigenvalue weighted by Crippen LogP contribution is -2.54. The minimum atomic E-state index is -4.36. The Bertz CT molecular complexity index is 910. The molecule has 3 nitrogen and oxygen atoms in total. The molecular formula is C24H31Cl2F3N2O. The van der Waals surface area contributed by atoms with E-state index in [1.54, 1.807) is 0 Å². The van der Waals surface area contributed by atoms with Gasteiger partial charge in [-0.25, -0.2) is 0 Å². The number of alkyl halides is 3. The van der Waals surface area contributed by atoms with Crippen molar-refractivity contribution in [1.82, 2.24) is 4.90 Å². The number of fused-ring (bicyclic) bond motifs is 4. The van der Waals surface area contributed by atoms with Crippen LogP contribution in [0.3, 0.4) is 0 Å². The molecule has 2 bridgehead atoms. The van der Waals surface area contributed by atoms with Gasteiger partial charge in [0, 0.05) is 18.3 Å². The zero-order chi connectivity index (χ0) is 21.5. The first-order chi connectivity index (χ1) is 14.2. The number of nitrogens with two attached hydrogens (primary N) is 1. The number of benzene rings is 2. The summed E-state index contributed by atoms with van der Waals surface area (Å²) in [6.07, 6.45) is -2.35. The van der Waals surface area contributed by atoms with Gasteiger partial charge in [-0.2, -0.15) is 13.2 Å². The number of hydrogen-bond acceptors (Lipinski definition) is 3. The summed E-state index contributed by atoms with van der Waals surface area (Å²) >= 11 is 0. The fraction of sp³-hybridized carbons (Fsp3) is 0.500. The van der Waals surface area contributed by atoms with Crippen LogP contribution >= 0.6 is 24.8 Å². The average Bonchev–Trinajstić information content (AvgIpc) is 2.69. The zero-order valence-electron chi connectivity index (χ0n) is 18.3. The van der Waals surface area contributed by atoms with E-state index in [-0.39, 0.29) is 37.0 Å². The first-order valence-electron chi connectivity index (χ1n) is 10.6. The molecule has 4 rings (SSSR count). The highest BCUT2D eigenvalue weighted by atomic mass is 35.5. The first kappa shape index (κ1) is 26.8. The summed E-state index contributed by atoms with van der Waals surface area (Å²) in [7, 11) is 0. The monoisotopic (exact) mass is 490 g/mol. The van der Waals surface area contributed by atoms with Gasteiger partial charge < -0.3 is 10.5 Å². The van der Waals surface area contributed by atoms with Gasteiger partial charge in [-0.3, -0.25) is 4.90 Å². The fourth-order valence-electron chi connectivity index (χ4n) is 5.23. The summed E-state index contributed by atoms with van der Waals surface area (Å²) < 4.78 is 47.2. The summed E-state index contributed by atoms with van der Waals surface area (Å²) in [4.78, 5) is 2.38. The average molecular weight is 491 g/mol. The standard InChI is InChI=1S/C24H29F3N2O.2ClH/c1-16(30-15-17-6-4-3-5-7-17)14-29-11-10-23(2)13-18(29)12-19-21(28)9-8-20(22(19)23)24(25,26)27;;/h3-9,16,18H,10-15,28H2,1-2H3;2*1H. The second kappa shape index (κ2) is 10.2. The quantitative estimate of drug-likeness (QED) is 0.521. The van der Waals surface area contributed by atoms with E-state index < -0.39 is 17.2 Å². The molecule has 2 aromatic rings.